The molecule has 0 spiro atoms. The van der Waals surface area contributed by atoms with Crippen LogP contribution in [0.2, 0.25) is 10.0 Å². The third-order valence-electron chi connectivity index (χ3n) is 5.62. The number of esters is 1. The van der Waals surface area contributed by atoms with E-state index in [1.807, 2.05) is 60.7 Å². The topological polar surface area (TPSA) is 55.8 Å². The zero-order chi connectivity index (χ0) is 26.0. The van der Waals surface area contributed by atoms with E-state index in [0.717, 1.165) is 16.7 Å². The fraction of sp³-hybridized carbons (Fsp3) is 0.133. The molecule has 7 heteroatoms. The fourth-order valence-corrected chi connectivity index (χ4v) is 4.15. The summed E-state index contributed by atoms with van der Waals surface area (Å²) in [6.07, 6.45) is 0. The number of rotatable bonds is 10. The van der Waals surface area contributed by atoms with E-state index in [4.69, 9.17) is 32.7 Å². The lowest BCUT2D eigenvalue weighted by Crippen LogP contribution is -2.34. The third kappa shape index (κ3) is 7.59. The first-order valence-corrected chi connectivity index (χ1v) is 12.4. The van der Waals surface area contributed by atoms with Crippen molar-refractivity contribution in [3.63, 3.8) is 0 Å². The summed E-state index contributed by atoms with van der Waals surface area (Å²) in [5, 5.41) is 0.992. The highest BCUT2D eigenvalue weighted by Gasteiger charge is 2.20. The van der Waals surface area contributed by atoms with Gasteiger partial charge in [0.1, 0.15) is 17.9 Å². The Kier molecular flexibility index (Phi) is 9.19. The van der Waals surface area contributed by atoms with E-state index in [1.54, 1.807) is 47.4 Å². The molecule has 4 aromatic rings. The predicted molar refractivity (Wildman–Crippen MR) is 145 cm³/mol. The number of hydrogen-bond acceptors (Lipinski definition) is 4. The summed E-state index contributed by atoms with van der Waals surface area (Å²) >= 11 is 12.2. The van der Waals surface area contributed by atoms with Gasteiger partial charge in [-0.05, 0) is 35.4 Å². The summed E-state index contributed by atoms with van der Waals surface area (Å²) in [5.74, 6) is -0.616. The Morgan fingerprint density at radius 2 is 1.32 bits per heavy atom. The summed E-state index contributed by atoms with van der Waals surface area (Å²) in [6.45, 7) is 0.540. The lowest BCUT2D eigenvalue weighted by atomic mass is 10.1. The molecule has 0 N–H and O–H groups in total. The summed E-state index contributed by atoms with van der Waals surface area (Å²) in [5.41, 5.74) is 2.91. The number of carbonyl (C=O) groups excluding carboxylic acids is 2. The van der Waals surface area contributed by atoms with Gasteiger partial charge in [0.05, 0.1) is 0 Å². The molecule has 0 aliphatic heterocycles. The molecule has 37 heavy (non-hydrogen) atoms. The zero-order valence-corrected chi connectivity index (χ0v) is 21.5. The number of amides is 1. The minimum Gasteiger partial charge on any atom is -0.488 e. The number of hydrogen-bond donors (Lipinski definition) is 0. The van der Waals surface area contributed by atoms with Crippen molar-refractivity contribution in [2.24, 2.45) is 0 Å². The largest absolute Gasteiger partial charge is 0.488 e. The molecule has 0 unspecified atom stereocenters. The van der Waals surface area contributed by atoms with E-state index in [0.29, 0.717) is 28.9 Å². The SMILES string of the molecule is O=C(OCC(=O)N(Cc1ccccc1)Cc1ccccc1)c1ccccc1OCc1ccc(Cl)cc1Cl. The highest BCUT2D eigenvalue weighted by atomic mass is 35.5. The Bertz CT molecular complexity index is 1300. The number of benzene rings is 4. The average Bonchev–Trinajstić information content (AvgIpc) is 2.92. The molecular weight excluding hydrogens is 509 g/mol. The Labute approximate surface area is 226 Å². The van der Waals surface area contributed by atoms with Crippen LogP contribution in [0, 0.1) is 0 Å². The van der Waals surface area contributed by atoms with Crippen molar-refractivity contribution < 1.29 is 19.1 Å². The van der Waals surface area contributed by atoms with Gasteiger partial charge in [-0.1, -0.05) is 102 Å². The van der Waals surface area contributed by atoms with Gasteiger partial charge in [0, 0.05) is 28.7 Å². The molecule has 0 atom stereocenters. The maximum atomic E-state index is 13.1. The van der Waals surface area contributed by atoms with Crippen molar-refractivity contribution >= 4 is 35.1 Å². The van der Waals surface area contributed by atoms with Crippen LogP contribution in [0.1, 0.15) is 27.0 Å². The Morgan fingerprint density at radius 3 is 1.95 bits per heavy atom. The van der Waals surface area contributed by atoms with Crippen molar-refractivity contribution in [3.8, 4) is 5.75 Å². The van der Waals surface area contributed by atoms with Gasteiger partial charge in [0.25, 0.3) is 5.91 Å². The standard InChI is InChI=1S/C30H25Cl2NO4/c31-25-16-15-24(27(32)17-25)20-36-28-14-8-7-13-26(28)30(35)37-21-29(34)33(18-22-9-3-1-4-10-22)19-23-11-5-2-6-12-23/h1-17H,18-21H2. The van der Waals surface area contributed by atoms with Crippen LogP contribution in [0.15, 0.2) is 103 Å². The van der Waals surface area contributed by atoms with Gasteiger partial charge in [0.2, 0.25) is 0 Å². The van der Waals surface area contributed by atoms with E-state index in [9.17, 15) is 9.59 Å². The molecule has 0 fully saturated rings. The Morgan fingerprint density at radius 1 is 0.730 bits per heavy atom. The predicted octanol–water partition coefficient (Wildman–Crippen LogP) is 6.96. The zero-order valence-electron chi connectivity index (χ0n) is 20.0. The van der Waals surface area contributed by atoms with E-state index in [-0.39, 0.29) is 18.1 Å². The third-order valence-corrected chi connectivity index (χ3v) is 6.20. The summed E-state index contributed by atoms with van der Waals surface area (Å²) in [6, 6.07) is 31.2. The van der Waals surface area contributed by atoms with Crippen LogP contribution in [0.4, 0.5) is 0 Å². The van der Waals surface area contributed by atoms with E-state index < -0.39 is 12.6 Å². The molecule has 0 radical (unpaired) electrons. The van der Waals surface area contributed by atoms with Gasteiger partial charge in [0.15, 0.2) is 6.61 Å². The van der Waals surface area contributed by atoms with Gasteiger partial charge in [-0.2, -0.15) is 0 Å². The fourth-order valence-electron chi connectivity index (χ4n) is 3.69. The van der Waals surface area contributed by atoms with Crippen molar-refractivity contribution in [1.82, 2.24) is 4.90 Å². The molecule has 0 saturated heterocycles. The molecule has 5 nitrogen and oxygen atoms in total. The van der Waals surface area contributed by atoms with Crippen LogP contribution in [-0.2, 0) is 29.2 Å². The van der Waals surface area contributed by atoms with Crippen LogP contribution in [0.5, 0.6) is 5.75 Å². The molecule has 0 aromatic heterocycles. The maximum Gasteiger partial charge on any atom is 0.342 e. The van der Waals surface area contributed by atoms with E-state index >= 15 is 0 Å². The monoisotopic (exact) mass is 533 g/mol. The lowest BCUT2D eigenvalue weighted by Gasteiger charge is -2.23. The molecule has 4 rings (SSSR count). The first kappa shape index (κ1) is 26.3. The molecule has 0 saturated carbocycles. The molecule has 188 valence electrons. The first-order chi connectivity index (χ1) is 18.0. The molecule has 4 aromatic carbocycles. The van der Waals surface area contributed by atoms with Crippen LogP contribution in [0.3, 0.4) is 0 Å². The minimum absolute atomic E-state index is 0.140. The van der Waals surface area contributed by atoms with E-state index in [2.05, 4.69) is 0 Å². The highest BCUT2D eigenvalue weighted by molar-refractivity contribution is 6.35. The maximum absolute atomic E-state index is 13.1. The number of carbonyl (C=O) groups is 2. The molecule has 0 bridgehead atoms. The van der Waals surface area contributed by atoms with Crippen LogP contribution >= 0.6 is 23.2 Å². The van der Waals surface area contributed by atoms with Gasteiger partial charge < -0.3 is 14.4 Å². The second kappa shape index (κ2) is 12.9. The number of halogens is 2. The van der Waals surface area contributed by atoms with Crippen molar-refractivity contribution in [1.29, 1.82) is 0 Å². The van der Waals surface area contributed by atoms with Crippen molar-refractivity contribution in [2.75, 3.05) is 6.61 Å². The van der Waals surface area contributed by atoms with Crippen LogP contribution in [-0.4, -0.2) is 23.4 Å². The van der Waals surface area contributed by atoms with Crippen molar-refractivity contribution in [2.45, 2.75) is 19.7 Å². The molecule has 0 aliphatic carbocycles. The number of para-hydroxylation sites is 1. The smallest absolute Gasteiger partial charge is 0.342 e. The number of nitrogens with zero attached hydrogens (tertiary/aromatic N) is 1. The van der Waals surface area contributed by atoms with Gasteiger partial charge >= 0.3 is 5.97 Å². The molecule has 0 heterocycles. The minimum atomic E-state index is -0.648. The average molecular weight is 534 g/mol. The van der Waals surface area contributed by atoms with Crippen LogP contribution in [0.25, 0.3) is 0 Å². The van der Waals surface area contributed by atoms with Gasteiger partial charge in [-0.3, -0.25) is 4.79 Å². The van der Waals surface area contributed by atoms with Crippen LogP contribution < -0.4 is 4.74 Å². The second-order valence-electron chi connectivity index (χ2n) is 8.32. The molecule has 1 amide bonds. The quantitative estimate of drug-likeness (QED) is 0.207. The molecular formula is C30H25Cl2NO4. The Balaban J connectivity index is 1.42. The first-order valence-electron chi connectivity index (χ1n) is 11.7. The lowest BCUT2D eigenvalue weighted by molar-refractivity contribution is -0.135. The van der Waals surface area contributed by atoms with E-state index in [1.165, 1.54) is 0 Å². The second-order valence-corrected chi connectivity index (χ2v) is 9.16. The summed E-state index contributed by atoms with van der Waals surface area (Å²) in [4.78, 5) is 27.7. The summed E-state index contributed by atoms with van der Waals surface area (Å²) in [7, 11) is 0. The number of ether oxygens (including phenoxy) is 2. The Hall–Kier alpha value is -3.80. The van der Waals surface area contributed by atoms with Gasteiger partial charge in [-0.25, -0.2) is 4.79 Å². The highest BCUT2D eigenvalue weighted by Crippen LogP contribution is 2.25. The normalized spacial score (nSPS) is 10.5. The molecule has 0 aliphatic rings. The summed E-state index contributed by atoms with van der Waals surface area (Å²) < 4.78 is 11.3. The van der Waals surface area contributed by atoms with Crippen molar-refractivity contribution in [3.05, 3.63) is 135 Å². The van der Waals surface area contributed by atoms with Gasteiger partial charge in [-0.15, -0.1) is 0 Å².